The van der Waals surface area contributed by atoms with Crippen molar-refractivity contribution in [3.05, 3.63) is 60.8 Å². The van der Waals surface area contributed by atoms with Gasteiger partial charge in [0.15, 0.2) is 12.6 Å². The minimum absolute atomic E-state index is 0.227. The van der Waals surface area contributed by atoms with Gasteiger partial charge in [0.05, 0.1) is 32.0 Å². The SMILES string of the molecule is CC/C=C\C/C=C\C/C=C\C/C=C\CCCCC(=O)NC(COC1OC(CO)C(OC2OC(CO)C(O)C(O)C2O)C(O)C1O)C(O)/C=C/CCCCCCCCCCCCCCCCCCC. The summed E-state index contributed by atoms with van der Waals surface area (Å²) in [4.78, 5) is 13.2. The number of carbonyl (C=O) groups is 1. The van der Waals surface area contributed by atoms with Crippen LogP contribution < -0.4 is 5.32 Å². The average molecular weight is 966 g/mol. The van der Waals surface area contributed by atoms with E-state index in [0.717, 1.165) is 57.8 Å². The summed E-state index contributed by atoms with van der Waals surface area (Å²) in [6.07, 6.45) is 32.6. The van der Waals surface area contributed by atoms with E-state index in [1.807, 2.05) is 6.08 Å². The van der Waals surface area contributed by atoms with Crippen LogP contribution in [0.25, 0.3) is 0 Å². The van der Waals surface area contributed by atoms with E-state index < -0.39 is 86.8 Å². The van der Waals surface area contributed by atoms with Crippen LogP contribution in [0.2, 0.25) is 0 Å². The van der Waals surface area contributed by atoms with Crippen molar-refractivity contribution < 1.29 is 64.6 Å². The first kappa shape index (κ1) is 61.8. The second-order valence-corrected chi connectivity index (χ2v) is 18.6. The summed E-state index contributed by atoms with van der Waals surface area (Å²) in [7, 11) is 0. The van der Waals surface area contributed by atoms with Gasteiger partial charge in [-0.1, -0.05) is 177 Å². The first-order chi connectivity index (χ1) is 33.1. The summed E-state index contributed by atoms with van der Waals surface area (Å²) in [5.41, 5.74) is 0. The number of hydrogen-bond donors (Lipinski definition) is 9. The Hall–Kier alpha value is -2.31. The number of rotatable bonds is 40. The molecule has 12 unspecified atom stereocenters. The fraction of sp³-hybridized carbons (Fsp3) is 0.796. The van der Waals surface area contributed by atoms with Crippen molar-refractivity contribution in [2.75, 3.05) is 19.8 Å². The van der Waals surface area contributed by atoms with Crippen LogP contribution >= 0.6 is 0 Å². The van der Waals surface area contributed by atoms with Gasteiger partial charge in [-0.05, 0) is 57.8 Å². The predicted octanol–water partition coefficient (Wildman–Crippen LogP) is 7.44. The number of aliphatic hydroxyl groups is 8. The molecular weight excluding hydrogens is 871 g/mol. The zero-order valence-corrected chi connectivity index (χ0v) is 41.8. The van der Waals surface area contributed by atoms with Crippen LogP contribution in [0, 0.1) is 0 Å². The Morgan fingerprint density at radius 1 is 0.544 bits per heavy atom. The average Bonchev–Trinajstić information content (AvgIpc) is 3.34. The van der Waals surface area contributed by atoms with E-state index >= 15 is 0 Å². The highest BCUT2D eigenvalue weighted by Crippen LogP contribution is 2.30. The molecule has 0 saturated carbocycles. The number of nitrogens with one attached hydrogen (secondary N) is 1. The van der Waals surface area contributed by atoms with E-state index in [-0.39, 0.29) is 18.9 Å². The number of amides is 1. The minimum Gasteiger partial charge on any atom is -0.394 e. The Morgan fingerprint density at radius 2 is 1.01 bits per heavy atom. The number of ether oxygens (including phenoxy) is 4. The molecule has 0 radical (unpaired) electrons. The molecule has 0 spiro atoms. The van der Waals surface area contributed by atoms with Crippen LogP contribution in [-0.2, 0) is 23.7 Å². The van der Waals surface area contributed by atoms with Gasteiger partial charge in [-0.25, -0.2) is 0 Å². The molecule has 9 N–H and O–H groups in total. The molecule has 0 aromatic rings. The molecule has 1 amide bonds. The van der Waals surface area contributed by atoms with Crippen molar-refractivity contribution in [1.29, 1.82) is 0 Å². The van der Waals surface area contributed by atoms with Gasteiger partial charge >= 0.3 is 0 Å². The first-order valence-electron chi connectivity index (χ1n) is 26.5. The van der Waals surface area contributed by atoms with Crippen LogP contribution in [0.3, 0.4) is 0 Å². The Balaban J connectivity index is 1.85. The van der Waals surface area contributed by atoms with E-state index in [4.69, 9.17) is 18.9 Å². The van der Waals surface area contributed by atoms with Crippen molar-refractivity contribution in [3.8, 4) is 0 Å². The van der Waals surface area contributed by atoms with E-state index in [1.54, 1.807) is 6.08 Å². The van der Waals surface area contributed by atoms with Gasteiger partial charge in [0, 0.05) is 6.42 Å². The smallest absolute Gasteiger partial charge is 0.220 e. The summed E-state index contributed by atoms with van der Waals surface area (Å²) in [6.45, 7) is 2.64. The molecule has 12 atom stereocenters. The maximum absolute atomic E-state index is 13.2. The molecule has 2 aliphatic heterocycles. The Morgan fingerprint density at radius 3 is 1.56 bits per heavy atom. The molecule has 14 nitrogen and oxygen atoms in total. The molecule has 2 saturated heterocycles. The lowest BCUT2D eigenvalue weighted by molar-refractivity contribution is -0.359. The summed E-state index contributed by atoms with van der Waals surface area (Å²) in [5, 5.41) is 86.8. The molecule has 0 aromatic carbocycles. The number of aliphatic hydroxyl groups excluding tert-OH is 8. The van der Waals surface area contributed by atoms with Gasteiger partial charge in [0.1, 0.15) is 48.8 Å². The van der Waals surface area contributed by atoms with Gasteiger partial charge in [-0.2, -0.15) is 0 Å². The fourth-order valence-electron chi connectivity index (χ4n) is 8.40. The van der Waals surface area contributed by atoms with E-state index in [9.17, 15) is 45.6 Å². The van der Waals surface area contributed by atoms with Crippen molar-refractivity contribution in [3.63, 3.8) is 0 Å². The molecule has 0 aromatic heterocycles. The second-order valence-electron chi connectivity index (χ2n) is 18.6. The molecule has 2 fully saturated rings. The van der Waals surface area contributed by atoms with Crippen molar-refractivity contribution in [1.82, 2.24) is 5.32 Å². The molecule has 394 valence electrons. The molecular formula is C54H95NO13. The number of carbonyl (C=O) groups excluding carboxylic acids is 1. The molecule has 0 aliphatic carbocycles. The van der Waals surface area contributed by atoms with Crippen LogP contribution in [0.4, 0.5) is 0 Å². The van der Waals surface area contributed by atoms with Crippen LogP contribution in [0.5, 0.6) is 0 Å². The first-order valence-corrected chi connectivity index (χ1v) is 26.5. The van der Waals surface area contributed by atoms with Gasteiger partial charge in [-0.3, -0.25) is 4.79 Å². The van der Waals surface area contributed by atoms with Gasteiger partial charge < -0.3 is 65.1 Å². The maximum Gasteiger partial charge on any atom is 0.220 e. The molecule has 2 aliphatic rings. The Bertz CT molecular complexity index is 1370. The van der Waals surface area contributed by atoms with Crippen molar-refractivity contribution >= 4 is 5.91 Å². The van der Waals surface area contributed by atoms with E-state index in [0.29, 0.717) is 6.42 Å². The summed E-state index contributed by atoms with van der Waals surface area (Å²) in [5.74, 6) is -0.282. The zero-order chi connectivity index (χ0) is 49.6. The second kappa shape index (κ2) is 40.3. The molecule has 68 heavy (non-hydrogen) atoms. The third kappa shape index (κ3) is 26.8. The van der Waals surface area contributed by atoms with Gasteiger partial charge in [-0.15, -0.1) is 0 Å². The molecule has 14 heteroatoms. The number of hydrogen-bond acceptors (Lipinski definition) is 13. The third-order valence-electron chi connectivity index (χ3n) is 12.7. The summed E-state index contributed by atoms with van der Waals surface area (Å²) < 4.78 is 22.7. The topological polar surface area (TPSA) is 228 Å². The van der Waals surface area contributed by atoms with E-state index in [1.165, 1.54) is 96.3 Å². The lowest BCUT2D eigenvalue weighted by Crippen LogP contribution is -2.65. The van der Waals surface area contributed by atoms with Crippen LogP contribution in [0.15, 0.2) is 60.8 Å². The third-order valence-corrected chi connectivity index (χ3v) is 12.7. The minimum atomic E-state index is -1.79. The molecule has 0 bridgehead atoms. The largest absolute Gasteiger partial charge is 0.394 e. The van der Waals surface area contributed by atoms with Crippen molar-refractivity contribution in [2.24, 2.45) is 0 Å². The van der Waals surface area contributed by atoms with E-state index in [2.05, 4.69) is 67.8 Å². The maximum atomic E-state index is 13.2. The highest BCUT2D eigenvalue weighted by Gasteiger charge is 2.51. The summed E-state index contributed by atoms with van der Waals surface area (Å²) in [6, 6.07) is -0.938. The normalized spacial score (nSPS) is 26.9. The zero-order valence-electron chi connectivity index (χ0n) is 41.8. The van der Waals surface area contributed by atoms with Gasteiger partial charge in [0.2, 0.25) is 5.91 Å². The Kier molecular flexibility index (Phi) is 36.6. The lowest BCUT2D eigenvalue weighted by atomic mass is 9.97. The molecule has 2 heterocycles. The Labute approximate surface area is 409 Å². The summed E-state index contributed by atoms with van der Waals surface area (Å²) >= 11 is 0. The lowest BCUT2D eigenvalue weighted by Gasteiger charge is -2.46. The number of allylic oxidation sites excluding steroid dienone is 9. The number of unbranched alkanes of at least 4 members (excludes halogenated alkanes) is 19. The highest BCUT2D eigenvalue weighted by molar-refractivity contribution is 5.76. The fourth-order valence-corrected chi connectivity index (χ4v) is 8.40. The van der Waals surface area contributed by atoms with Crippen molar-refractivity contribution in [2.45, 2.75) is 254 Å². The standard InChI is InChI=1S/C54H95NO13/c1-3-5-7-9-11-13-15-17-19-20-21-22-24-25-27-29-31-33-35-37-43(58)42(55-46(59)38-36-34-32-30-28-26-23-18-16-14-12-10-8-6-4-2)41-65-53-51(64)49(62)52(45(40-57)67-53)68-54-50(63)48(61)47(60)44(39-56)66-54/h6,8,12,14,18,23,28,30,35,37,42-45,47-54,56-58,60-64H,3-5,7,9-11,13,15-17,19-22,24-27,29,31-34,36,38-41H2,1-2H3,(H,55,59)/b8-6-,14-12-,23-18-,30-28-,37-35+. The van der Waals surface area contributed by atoms with Crippen LogP contribution in [0.1, 0.15) is 181 Å². The molecule has 2 rings (SSSR count). The highest BCUT2D eigenvalue weighted by atomic mass is 16.7. The van der Waals surface area contributed by atoms with Crippen LogP contribution in [-0.4, -0.2) is 140 Å². The quantitative estimate of drug-likeness (QED) is 0.0215. The predicted molar refractivity (Wildman–Crippen MR) is 267 cm³/mol. The monoisotopic (exact) mass is 966 g/mol. The van der Waals surface area contributed by atoms with Gasteiger partial charge in [0.25, 0.3) is 0 Å².